The summed E-state index contributed by atoms with van der Waals surface area (Å²) in [5, 5.41) is 10.0. The van der Waals surface area contributed by atoms with Crippen LogP contribution in [0.4, 0.5) is 0 Å². The van der Waals surface area contributed by atoms with E-state index < -0.39 is 0 Å². The lowest BCUT2D eigenvalue weighted by molar-refractivity contribution is 1.46. The summed E-state index contributed by atoms with van der Waals surface area (Å²) in [5.74, 6) is 0. The van der Waals surface area contributed by atoms with E-state index in [1.54, 1.807) is 0 Å². The van der Waals surface area contributed by atoms with E-state index in [0.29, 0.717) is 0 Å². The highest BCUT2D eigenvalue weighted by molar-refractivity contribution is 9.13. The van der Waals surface area contributed by atoms with Gasteiger partial charge in [0.2, 0.25) is 0 Å². The van der Waals surface area contributed by atoms with Crippen molar-refractivity contribution >= 4 is 107 Å². The van der Waals surface area contributed by atoms with Crippen LogP contribution in [0.2, 0.25) is 0 Å². The SMILES string of the molecule is Cc1ccccc1-c1ccc2c3c(Br)c(Br)c(-c4ccccc4C)c4c(Br)c(Br)cc(c5cccc1c52)c43. The summed E-state index contributed by atoms with van der Waals surface area (Å²) in [7, 11) is 0. The average Bonchev–Trinajstić information content (AvgIpc) is 2.92. The van der Waals surface area contributed by atoms with Crippen LogP contribution in [-0.2, 0) is 0 Å². The van der Waals surface area contributed by atoms with Crippen molar-refractivity contribution in [3.8, 4) is 22.3 Å². The van der Waals surface area contributed by atoms with Crippen molar-refractivity contribution < 1.29 is 0 Å². The van der Waals surface area contributed by atoms with Gasteiger partial charge in [0.1, 0.15) is 0 Å². The Morgan fingerprint density at radius 1 is 0.421 bits per heavy atom. The Labute approximate surface area is 254 Å². The molecule has 0 nitrogen and oxygen atoms in total. The fourth-order valence-corrected chi connectivity index (χ4v) is 8.24. The molecule has 0 aliphatic carbocycles. The molecule has 0 saturated carbocycles. The molecule has 0 fully saturated rings. The third-order valence-electron chi connectivity index (χ3n) is 7.80. The largest absolute Gasteiger partial charge is 0.0620 e. The van der Waals surface area contributed by atoms with Crippen molar-refractivity contribution in [1.82, 2.24) is 0 Å². The van der Waals surface area contributed by atoms with E-state index in [2.05, 4.69) is 162 Å². The summed E-state index contributed by atoms with van der Waals surface area (Å²) in [6.45, 7) is 4.37. The van der Waals surface area contributed by atoms with E-state index in [1.165, 1.54) is 76.5 Å². The van der Waals surface area contributed by atoms with Gasteiger partial charge in [-0.25, -0.2) is 0 Å². The molecule has 0 saturated heterocycles. The van der Waals surface area contributed by atoms with Crippen LogP contribution >= 0.6 is 63.7 Å². The van der Waals surface area contributed by atoms with E-state index in [9.17, 15) is 0 Å². The van der Waals surface area contributed by atoms with Gasteiger partial charge >= 0.3 is 0 Å². The van der Waals surface area contributed by atoms with Crippen LogP contribution in [0.15, 0.2) is 103 Å². The van der Waals surface area contributed by atoms with Gasteiger partial charge in [0.05, 0.1) is 0 Å². The minimum absolute atomic E-state index is 1.05. The van der Waals surface area contributed by atoms with Crippen LogP contribution in [-0.4, -0.2) is 0 Å². The Hall–Kier alpha value is -2.24. The minimum atomic E-state index is 1.05. The van der Waals surface area contributed by atoms with Gasteiger partial charge in [0.25, 0.3) is 0 Å². The summed E-state index contributed by atoms with van der Waals surface area (Å²) in [5.41, 5.74) is 7.48. The van der Waals surface area contributed by atoms with Gasteiger partial charge in [-0.2, -0.15) is 0 Å². The van der Waals surface area contributed by atoms with E-state index in [4.69, 9.17) is 0 Å². The molecule has 0 aromatic heterocycles. The Kier molecular flexibility index (Phi) is 5.97. The maximum absolute atomic E-state index is 4.06. The van der Waals surface area contributed by atoms with Crippen molar-refractivity contribution in [1.29, 1.82) is 0 Å². The Balaban J connectivity index is 1.76. The standard InChI is InChI=1S/C34H20Br4/c1-17-8-3-5-10-19(17)21-14-15-24-27-22(21)12-7-13-23(27)25-16-26(35)32(36)31-28(25)30(24)34(38)33(37)29(31)20-11-6-4-9-18(20)2/h3-16H,1-2H3. The van der Waals surface area contributed by atoms with Gasteiger partial charge in [0, 0.05) is 39.6 Å². The molecule has 0 aliphatic rings. The second-order valence-electron chi connectivity index (χ2n) is 9.87. The number of rotatable bonds is 2. The lowest BCUT2D eigenvalue weighted by Gasteiger charge is -2.23. The molecule has 7 aromatic rings. The summed E-state index contributed by atoms with van der Waals surface area (Å²) in [6, 6.07) is 30.9. The first-order chi connectivity index (χ1) is 18.4. The van der Waals surface area contributed by atoms with Crippen molar-refractivity contribution in [2.45, 2.75) is 13.8 Å². The molecule has 7 aromatic carbocycles. The Morgan fingerprint density at radius 2 is 1.08 bits per heavy atom. The smallest absolute Gasteiger partial charge is 0.0409 e. The van der Waals surface area contributed by atoms with Gasteiger partial charge in [0.15, 0.2) is 0 Å². The summed E-state index contributed by atoms with van der Waals surface area (Å²) in [4.78, 5) is 0. The highest BCUT2D eigenvalue weighted by Gasteiger charge is 2.25. The van der Waals surface area contributed by atoms with Gasteiger partial charge in [-0.1, -0.05) is 78.9 Å². The first-order valence-electron chi connectivity index (χ1n) is 12.4. The first kappa shape index (κ1) is 24.8. The molecule has 4 heteroatoms. The van der Waals surface area contributed by atoms with Crippen molar-refractivity contribution in [3.63, 3.8) is 0 Å². The summed E-state index contributed by atoms with van der Waals surface area (Å²) >= 11 is 16.0. The Bertz CT molecular complexity index is 2090. The minimum Gasteiger partial charge on any atom is -0.0620 e. The molecule has 0 radical (unpaired) electrons. The lowest BCUT2D eigenvalue weighted by atomic mass is 9.84. The van der Waals surface area contributed by atoms with E-state index in [0.717, 1.165) is 17.9 Å². The summed E-state index contributed by atoms with van der Waals surface area (Å²) < 4.78 is 4.26. The third-order valence-corrected chi connectivity index (χ3v) is 11.9. The van der Waals surface area contributed by atoms with Gasteiger partial charge in [-0.05, 0) is 138 Å². The molecule has 0 unspecified atom stereocenters. The molecular formula is C34H20Br4. The topological polar surface area (TPSA) is 0 Å². The maximum atomic E-state index is 4.06. The molecule has 38 heavy (non-hydrogen) atoms. The van der Waals surface area contributed by atoms with E-state index >= 15 is 0 Å². The second-order valence-corrected chi connectivity index (χ2v) is 13.1. The fraction of sp³-hybridized carbons (Fsp3) is 0.0588. The predicted molar refractivity (Wildman–Crippen MR) is 179 cm³/mol. The average molecular weight is 748 g/mol. The van der Waals surface area contributed by atoms with E-state index in [1.807, 2.05) is 0 Å². The van der Waals surface area contributed by atoms with Crippen LogP contribution in [0.3, 0.4) is 0 Å². The predicted octanol–water partition coefficient (Wildman–Crippen LogP) is 12.7. The van der Waals surface area contributed by atoms with Crippen molar-refractivity contribution in [2.24, 2.45) is 0 Å². The molecule has 0 bridgehead atoms. The number of hydrogen-bond acceptors (Lipinski definition) is 0. The first-order valence-corrected chi connectivity index (χ1v) is 15.6. The molecule has 0 atom stereocenters. The zero-order valence-electron chi connectivity index (χ0n) is 20.6. The molecule has 0 heterocycles. The molecule has 0 amide bonds. The van der Waals surface area contributed by atoms with Crippen LogP contribution in [0, 0.1) is 13.8 Å². The monoisotopic (exact) mass is 744 g/mol. The van der Waals surface area contributed by atoms with Gasteiger partial charge < -0.3 is 0 Å². The third kappa shape index (κ3) is 3.43. The number of halogens is 4. The summed E-state index contributed by atoms with van der Waals surface area (Å²) in [6.07, 6.45) is 0. The normalized spacial score (nSPS) is 11.9. The van der Waals surface area contributed by atoms with Crippen LogP contribution in [0.1, 0.15) is 11.1 Å². The quantitative estimate of drug-likeness (QED) is 0.122. The highest BCUT2D eigenvalue weighted by Crippen LogP contribution is 2.54. The number of benzene rings is 7. The number of aryl methyl sites for hydroxylation is 2. The maximum Gasteiger partial charge on any atom is 0.0409 e. The molecule has 184 valence electrons. The van der Waals surface area contributed by atoms with Crippen molar-refractivity contribution in [3.05, 3.63) is 114 Å². The molecule has 0 N–H and O–H groups in total. The van der Waals surface area contributed by atoms with Crippen LogP contribution in [0.5, 0.6) is 0 Å². The molecular weight excluding hydrogens is 728 g/mol. The number of fused-ring (bicyclic) bond motifs is 2. The second kappa shape index (κ2) is 9.16. The van der Waals surface area contributed by atoms with Crippen molar-refractivity contribution in [2.75, 3.05) is 0 Å². The van der Waals surface area contributed by atoms with Crippen LogP contribution < -0.4 is 0 Å². The zero-order valence-corrected chi connectivity index (χ0v) is 26.9. The molecule has 0 spiro atoms. The lowest BCUT2D eigenvalue weighted by Crippen LogP contribution is -1.96. The zero-order chi connectivity index (χ0) is 26.3. The molecule has 7 rings (SSSR count). The van der Waals surface area contributed by atoms with Gasteiger partial charge in [-0.3, -0.25) is 0 Å². The van der Waals surface area contributed by atoms with Gasteiger partial charge in [-0.15, -0.1) is 0 Å². The highest BCUT2D eigenvalue weighted by atomic mass is 79.9. The van der Waals surface area contributed by atoms with E-state index in [-0.39, 0.29) is 0 Å². The molecule has 0 aliphatic heterocycles. The Morgan fingerprint density at radius 3 is 1.79 bits per heavy atom. The fourth-order valence-electron chi connectivity index (χ4n) is 6.08. The van der Waals surface area contributed by atoms with Crippen LogP contribution in [0.25, 0.3) is 65.3 Å². The number of hydrogen-bond donors (Lipinski definition) is 0.